The van der Waals surface area contributed by atoms with Gasteiger partial charge >= 0.3 is 0 Å². The summed E-state index contributed by atoms with van der Waals surface area (Å²) in [5, 5.41) is 0.679. The fourth-order valence-corrected chi connectivity index (χ4v) is 2.45. The monoisotopic (exact) mass is 312 g/mol. The molecule has 0 saturated heterocycles. The maximum absolute atomic E-state index is 13.8. The van der Waals surface area contributed by atoms with Crippen molar-refractivity contribution >= 4 is 27.5 Å². The van der Waals surface area contributed by atoms with Gasteiger partial charge in [-0.15, -0.1) is 0 Å². The molecule has 0 aliphatic heterocycles. The van der Waals surface area contributed by atoms with Crippen molar-refractivity contribution in [2.24, 2.45) is 0 Å². The van der Waals surface area contributed by atoms with Crippen LogP contribution in [-0.2, 0) is 0 Å². The van der Waals surface area contributed by atoms with E-state index in [1.807, 2.05) is 25.1 Å². The Balaban J connectivity index is 2.36. The fraction of sp³-hybridized carbons (Fsp3) is 0.143. The van der Waals surface area contributed by atoms with Gasteiger partial charge in [0, 0.05) is 10.6 Å². The van der Waals surface area contributed by atoms with Gasteiger partial charge in [-0.05, 0) is 36.2 Å². The summed E-state index contributed by atoms with van der Waals surface area (Å²) in [6, 6.07) is 12.6. The first kappa shape index (κ1) is 12.6. The number of aryl methyl sites for hydroxylation is 1. The van der Waals surface area contributed by atoms with Crippen LogP contribution in [-0.4, -0.2) is 0 Å². The molecule has 17 heavy (non-hydrogen) atoms. The van der Waals surface area contributed by atoms with Crippen molar-refractivity contribution in [1.29, 1.82) is 0 Å². The molecule has 2 aromatic carbocycles. The van der Waals surface area contributed by atoms with Gasteiger partial charge < -0.3 is 0 Å². The van der Waals surface area contributed by atoms with Crippen LogP contribution in [0.15, 0.2) is 42.5 Å². The highest BCUT2D eigenvalue weighted by atomic mass is 79.9. The third-order valence-electron chi connectivity index (χ3n) is 2.59. The third kappa shape index (κ3) is 2.88. The van der Waals surface area contributed by atoms with Crippen LogP contribution in [0.2, 0.25) is 5.02 Å². The number of alkyl halides is 1. The smallest absolute Gasteiger partial charge is 0.128 e. The maximum Gasteiger partial charge on any atom is 0.128 e. The first-order valence-corrected chi connectivity index (χ1v) is 6.53. The molecule has 0 bridgehead atoms. The lowest BCUT2D eigenvalue weighted by molar-refractivity contribution is 0.612. The fourth-order valence-electron chi connectivity index (χ4n) is 1.65. The molecule has 0 aliphatic rings. The summed E-state index contributed by atoms with van der Waals surface area (Å²) >= 11 is 9.34. The van der Waals surface area contributed by atoms with Crippen LogP contribution < -0.4 is 0 Å². The van der Waals surface area contributed by atoms with E-state index in [1.165, 1.54) is 0 Å². The zero-order valence-corrected chi connectivity index (χ0v) is 11.6. The Kier molecular flexibility index (Phi) is 3.85. The van der Waals surface area contributed by atoms with Crippen LogP contribution >= 0.6 is 27.5 Å². The first-order valence-electron chi connectivity index (χ1n) is 5.23. The van der Waals surface area contributed by atoms with Gasteiger partial charge in [0.25, 0.3) is 0 Å². The molecule has 0 radical (unpaired) electrons. The predicted octanol–water partition coefficient (Wildman–Crippen LogP) is 5.27. The summed E-state index contributed by atoms with van der Waals surface area (Å²) in [6.07, 6.45) is 0. The zero-order chi connectivity index (χ0) is 12.4. The summed E-state index contributed by atoms with van der Waals surface area (Å²) in [4.78, 5) is -0.152. The van der Waals surface area contributed by atoms with E-state index in [9.17, 15) is 4.39 Å². The van der Waals surface area contributed by atoms with E-state index in [0.29, 0.717) is 10.6 Å². The summed E-state index contributed by atoms with van der Waals surface area (Å²) in [7, 11) is 0. The molecule has 1 atom stereocenters. The molecule has 2 aromatic rings. The molecule has 3 heteroatoms. The van der Waals surface area contributed by atoms with Gasteiger partial charge in [-0.2, -0.15) is 0 Å². The van der Waals surface area contributed by atoms with Crippen molar-refractivity contribution in [3.05, 3.63) is 70.0 Å². The Labute approximate surface area is 114 Å². The molecular weight excluding hydrogens is 303 g/mol. The van der Waals surface area contributed by atoms with E-state index >= 15 is 0 Å². The lowest BCUT2D eigenvalue weighted by Gasteiger charge is -2.12. The van der Waals surface area contributed by atoms with E-state index in [4.69, 9.17) is 11.6 Å². The van der Waals surface area contributed by atoms with Crippen LogP contribution in [0, 0.1) is 12.7 Å². The minimum atomic E-state index is -0.193. The lowest BCUT2D eigenvalue weighted by Crippen LogP contribution is -1.96. The molecule has 0 N–H and O–H groups in total. The van der Waals surface area contributed by atoms with Crippen LogP contribution in [0.1, 0.15) is 21.5 Å². The molecule has 0 fully saturated rings. The van der Waals surface area contributed by atoms with Gasteiger partial charge in [0.1, 0.15) is 5.82 Å². The van der Waals surface area contributed by atoms with Gasteiger partial charge in [0.2, 0.25) is 0 Å². The van der Waals surface area contributed by atoms with Crippen LogP contribution in [0.5, 0.6) is 0 Å². The first-order chi connectivity index (χ1) is 8.08. The second kappa shape index (κ2) is 5.19. The summed E-state index contributed by atoms with van der Waals surface area (Å²) in [5.41, 5.74) is 2.54. The highest BCUT2D eigenvalue weighted by Gasteiger charge is 2.14. The highest BCUT2D eigenvalue weighted by molar-refractivity contribution is 9.09. The number of hydrogen-bond acceptors (Lipinski definition) is 0. The molecule has 0 spiro atoms. The Morgan fingerprint density at radius 1 is 1.12 bits per heavy atom. The minimum Gasteiger partial charge on any atom is -0.207 e. The average Bonchev–Trinajstić information content (AvgIpc) is 2.29. The van der Waals surface area contributed by atoms with Crippen LogP contribution in [0.3, 0.4) is 0 Å². The Bertz CT molecular complexity index is 522. The summed E-state index contributed by atoms with van der Waals surface area (Å²) < 4.78 is 13.8. The molecule has 0 nitrogen and oxygen atoms in total. The lowest BCUT2D eigenvalue weighted by atomic mass is 10.0. The molecule has 0 amide bonds. The van der Waals surface area contributed by atoms with Crippen LogP contribution in [0.25, 0.3) is 0 Å². The average molecular weight is 314 g/mol. The van der Waals surface area contributed by atoms with Crippen molar-refractivity contribution in [3.8, 4) is 0 Å². The van der Waals surface area contributed by atoms with E-state index in [-0.39, 0.29) is 10.6 Å². The van der Waals surface area contributed by atoms with Gasteiger partial charge in [-0.1, -0.05) is 51.8 Å². The van der Waals surface area contributed by atoms with Gasteiger partial charge in [0.05, 0.1) is 4.83 Å². The summed E-state index contributed by atoms with van der Waals surface area (Å²) in [6.45, 7) is 1.87. The van der Waals surface area contributed by atoms with Crippen LogP contribution in [0.4, 0.5) is 4.39 Å². The molecular formula is C14H11BrClF. The maximum atomic E-state index is 13.8. The van der Waals surface area contributed by atoms with Crippen molar-refractivity contribution in [3.63, 3.8) is 0 Å². The summed E-state index contributed by atoms with van der Waals surface area (Å²) in [5.74, 6) is -0.193. The largest absolute Gasteiger partial charge is 0.207 e. The van der Waals surface area contributed by atoms with E-state index in [2.05, 4.69) is 15.9 Å². The topological polar surface area (TPSA) is 0 Å². The van der Waals surface area contributed by atoms with Crippen molar-refractivity contribution in [2.45, 2.75) is 11.8 Å². The second-order valence-electron chi connectivity index (χ2n) is 3.94. The Morgan fingerprint density at radius 3 is 2.35 bits per heavy atom. The third-order valence-corrected chi connectivity index (χ3v) is 3.87. The molecule has 0 saturated carbocycles. The molecule has 88 valence electrons. The molecule has 1 unspecified atom stereocenters. The Hall–Kier alpha value is -0.860. The van der Waals surface area contributed by atoms with E-state index < -0.39 is 0 Å². The highest BCUT2D eigenvalue weighted by Crippen LogP contribution is 2.33. The van der Waals surface area contributed by atoms with Gasteiger partial charge in [-0.25, -0.2) is 4.39 Å². The van der Waals surface area contributed by atoms with Crippen molar-refractivity contribution < 1.29 is 4.39 Å². The minimum absolute atomic E-state index is 0.152. The number of benzene rings is 2. The standard InChI is InChI=1S/C14H11BrClF/c1-9-2-7-12(13(17)8-9)14(15)10-3-5-11(16)6-4-10/h2-8,14H,1H3. The van der Waals surface area contributed by atoms with Crippen molar-refractivity contribution in [2.75, 3.05) is 0 Å². The normalized spacial score (nSPS) is 12.5. The SMILES string of the molecule is Cc1ccc(C(Br)c2ccc(Cl)cc2)c(F)c1. The van der Waals surface area contributed by atoms with Crippen molar-refractivity contribution in [1.82, 2.24) is 0 Å². The Morgan fingerprint density at radius 2 is 1.76 bits per heavy atom. The van der Waals surface area contributed by atoms with Gasteiger partial charge in [0.15, 0.2) is 0 Å². The molecule has 0 heterocycles. The molecule has 2 rings (SSSR count). The number of halogens is 3. The zero-order valence-electron chi connectivity index (χ0n) is 9.25. The second-order valence-corrected chi connectivity index (χ2v) is 5.29. The number of hydrogen-bond donors (Lipinski definition) is 0. The van der Waals surface area contributed by atoms with E-state index in [0.717, 1.165) is 11.1 Å². The predicted molar refractivity (Wildman–Crippen MR) is 73.4 cm³/mol. The number of rotatable bonds is 2. The van der Waals surface area contributed by atoms with E-state index in [1.54, 1.807) is 24.3 Å². The molecule has 0 aliphatic carbocycles. The van der Waals surface area contributed by atoms with Gasteiger partial charge in [-0.3, -0.25) is 0 Å². The molecule has 0 aromatic heterocycles. The quantitative estimate of drug-likeness (QED) is 0.662.